The number of hydrogen-bond acceptors (Lipinski definition) is 2. The van der Waals surface area contributed by atoms with E-state index >= 15 is 0 Å². The number of nitriles is 1. The number of halogens is 2. The third-order valence-corrected chi connectivity index (χ3v) is 3.07. The van der Waals surface area contributed by atoms with E-state index in [-0.39, 0.29) is 0 Å². The molecule has 4 heteroatoms. The SMILES string of the molecule is N#Cc1cc(F)cc2scc(Cl)c12. The van der Waals surface area contributed by atoms with Gasteiger partial charge in [0.15, 0.2) is 0 Å². The zero-order valence-corrected chi connectivity index (χ0v) is 7.92. The lowest BCUT2D eigenvalue weighted by atomic mass is 10.1. The molecule has 0 bridgehead atoms. The van der Waals surface area contributed by atoms with Crippen LogP contribution in [0, 0.1) is 17.1 Å². The van der Waals surface area contributed by atoms with Gasteiger partial charge in [-0.3, -0.25) is 0 Å². The van der Waals surface area contributed by atoms with Gasteiger partial charge in [-0.05, 0) is 12.1 Å². The predicted molar refractivity (Wildman–Crippen MR) is 51.5 cm³/mol. The molecule has 64 valence electrons. The molecule has 0 fully saturated rings. The minimum atomic E-state index is -0.400. The number of thiophene rings is 1. The number of hydrogen-bond donors (Lipinski definition) is 0. The molecule has 0 radical (unpaired) electrons. The van der Waals surface area contributed by atoms with Gasteiger partial charge in [-0.2, -0.15) is 5.26 Å². The van der Waals surface area contributed by atoms with Crippen LogP contribution in [0.2, 0.25) is 5.02 Å². The van der Waals surface area contributed by atoms with Crippen molar-refractivity contribution < 1.29 is 4.39 Å². The molecule has 0 aliphatic rings. The summed E-state index contributed by atoms with van der Waals surface area (Å²) in [5, 5.41) is 11.6. The first kappa shape index (κ1) is 8.49. The average Bonchev–Trinajstić information content (AvgIpc) is 2.46. The Bertz CT molecular complexity index is 512. The molecule has 0 spiro atoms. The summed E-state index contributed by atoms with van der Waals surface area (Å²) in [4.78, 5) is 0. The monoisotopic (exact) mass is 211 g/mol. The summed E-state index contributed by atoms with van der Waals surface area (Å²) in [6, 6.07) is 4.50. The van der Waals surface area contributed by atoms with Crippen molar-refractivity contribution in [3.63, 3.8) is 0 Å². The lowest BCUT2D eigenvalue weighted by Crippen LogP contribution is -1.79. The number of nitrogens with zero attached hydrogens (tertiary/aromatic N) is 1. The quantitative estimate of drug-likeness (QED) is 0.654. The van der Waals surface area contributed by atoms with E-state index in [2.05, 4.69) is 0 Å². The van der Waals surface area contributed by atoms with Crippen LogP contribution in [0.25, 0.3) is 10.1 Å². The van der Waals surface area contributed by atoms with Crippen molar-refractivity contribution in [2.24, 2.45) is 0 Å². The normalized spacial score (nSPS) is 10.2. The molecule has 2 aromatic rings. The van der Waals surface area contributed by atoms with E-state index in [1.165, 1.54) is 23.5 Å². The van der Waals surface area contributed by atoms with Gasteiger partial charge in [-0.1, -0.05) is 11.6 Å². The fourth-order valence-corrected chi connectivity index (χ4v) is 2.44. The van der Waals surface area contributed by atoms with Crippen LogP contribution >= 0.6 is 22.9 Å². The van der Waals surface area contributed by atoms with Gasteiger partial charge in [-0.15, -0.1) is 11.3 Å². The van der Waals surface area contributed by atoms with Gasteiger partial charge in [0.2, 0.25) is 0 Å². The van der Waals surface area contributed by atoms with Crippen molar-refractivity contribution in [2.45, 2.75) is 0 Å². The van der Waals surface area contributed by atoms with Crippen LogP contribution in [0.15, 0.2) is 17.5 Å². The molecular weight excluding hydrogens is 209 g/mol. The minimum Gasteiger partial charge on any atom is -0.207 e. The van der Waals surface area contributed by atoms with E-state index < -0.39 is 5.82 Å². The lowest BCUT2D eigenvalue weighted by molar-refractivity contribution is 0.629. The Hall–Kier alpha value is -1.11. The molecule has 0 aliphatic carbocycles. The predicted octanol–water partition coefficient (Wildman–Crippen LogP) is 3.57. The molecule has 0 saturated heterocycles. The van der Waals surface area contributed by atoms with Gasteiger partial charge >= 0.3 is 0 Å². The Morgan fingerprint density at radius 2 is 2.23 bits per heavy atom. The highest BCUT2D eigenvalue weighted by Crippen LogP contribution is 2.32. The van der Waals surface area contributed by atoms with Crippen molar-refractivity contribution in [1.29, 1.82) is 5.26 Å². The molecule has 0 saturated carbocycles. The molecule has 0 aliphatic heterocycles. The van der Waals surface area contributed by atoms with E-state index in [1.54, 1.807) is 5.38 Å². The van der Waals surface area contributed by atoms with E-state index in [0.29, 0.717) is 20.7 Å². The second-order valence-electron chi connectivity index (χ2n) is 2.52. The zero-order valence-electron chi connectivity index (χ0n) is 6.34. The van der Waals surface area contributed by atoms with Gasteiger partial charge in [-0.25, -0.2) is 4.39 Å². The van der Waals surface area contributed by atoms with Crippen LogP contribution in [-0.4, -0.2) is 0 Å². The standard InChI is InChI=1S/C9H3ClFNS/c10-7-4-13-8-2-6(11)1-5(3-12)9(7)8/h1-2,4H. The summed E-state index contributed by atoms with van der Waals surface area (Å²) in [7, 11) is 0. The highest BCUT2D eigenvalue weighted by atomic mass is 35.5. The molecule has 1 aromatic heterocycles. The molecule has 0 atom stereocenters. The largest absolute Gasteiger partial charge is 0.207 e. The third-order valence-electron chi connectivity index (χ3n) is 1.72. The van der Waals surface area contributed by atoms with Crippen LogP contribution in [0.4, 0.5) is 4.39 Å². The maximum atomic E-state index is 12.9. The third kappa shape index (κ3) is 1.28. The summed E-state index contributed by atoms with van der Waals surface area (Å²) in [5.74, 6) is -0.400. The van der Waals surface area contributed by atoms with Gasteiger partial charge in [0.1, 0.15) is 5.82 Å². The molecule has 1 nitrogen and oxygen atoms in total. The molecular formula is C9H3ClFNS. The second-order valence-corrected chi connectivity index (χ2v) is 3.84. The Labute approximate surface area is 83.0 Å². The summed E-state index contributed by atoms with van der Waals surface area (Å²) in [6.45, 7) is 0. The van der Waals surface area contributed by atoms with Crippen molar-refractivity contribution in [1.82, 2.24) is 0 Å². The number of fused-ring (bicyclic) bond motifs is 1. The first-order chi connectivity index (χ1) is 6.22. The fraction of sp³-hybridized carbons (Fsp3) is 0. The summed E-state index contributed by atoms with van der Waals surface area (Å²) < 4.78 is 13.6. The molecule has 0 amide bonds. The fourth-order valence-electron chi connectivity index (χ4n) is 1.18. The van der Waals surface area contributed by atoms with Crippen molar-refractivity contribution >= 4 is 33.0 Å². The molecule has 1 aromatic carbocycles. The van der Waals surface area contributed by atoms with E-state index in [9.17, 15) is 4.39 Å². The van der Waals surface area contributed by atoms with Crippen molar-refractivity contribution in [3.05, 3.63) is 33.9 Å². The maximum absolute atomic E-state index is 12.9. The Morgan fingerprint density at radius 1 is 1.46 bits per heavy atom. The van der Waals surface area contributed by atoms with E-state index in [1.807, 2.05) is 6.07 Å². The maximum Gasteiger partial charge on any atom is 0.125 e. The van der Waals surface area contributed by atoms with Gasteiger partial charge in [0, 0.05) is 15.5 Å². The highest BCUT2D eigenvalue weighted by Gasteiger charge is 2.08. The molecule has 13 heavy (non-hydrogen) atoms. The Balaban J connectivity index is 2.95. The van der Waals surface area contributed by atoms with Crippen molar-refractivity contribution in [3.8, 4) is 6.07 Å². The Kier molecular flexibility index (Phi) is 1.95. The van der Waals surface area contributed by atoms with Gasteiger partial charge in [0.25, 0.3) is 0 Å². The van der Waals surface area contributed by atoms with Crippen molar-refractivity contribution in [2.75, 3.05) is 0 Å². The number of benzene rings is 1. The van der Waals surface area contributed by atoms with Crippen LogP contribution in [0.3, 0.4) is 0 Å². The van der Waals surface area contributed by atoms with E-state index in [0.717, 1.165) is 0 Å². The summed E-state index contributed by atoms with van der Waals surface area (Å²) in [6.07, 6.45) is 0. The molecule has 0 unspecified atom stereocenters. The van der Waals surface area contributed by atoms with E-state index in [4.69, 9.17) is 16.9 Å². The first-order valence-electron chi connectivity index (χ1n) is 3.48. The molecule has 0 N–H and O–H groups in total. The molecule has 2 rings (SSSR count). The second kappa shape index (κ2) is 2.99. The summed E-state index contributed by atoms with van der Waals surface area (Å²) in [5.41, 5.74) is 0.293. The van der Waals surface area contributed by atoms with Crippen LogP contribution in [0.5, 0.6) is 0 Å². The minimum absolute atomic E-state index is 0.293. The summed E-state index contributed by atoms with van der Waals surface area (Å²) >= 11 is 7.18. The smallest absolute Gasteiger partial charge is 0.125 e. The first-order valence-corrected chi connectivity index (χ1v) is 4.74. The lowest BCUT2D eigenvalue weighted by Gasteiger charge is -1.94. The zero-order chi connectivity index (χ0) is 9.42. The van der Waals surface area contributed by atoms with Gasteiger partial charge in [0.05, 0.1) is 16.7 Å². The highest BCUT2D eigenvalue weighted by molar-refractivity contribution is 7.17. The van der Waals surface area contributed by atoms with Gasteiger partial charge < -0.3 is 0 Å². The van der Waals surface area contributed by atoms with Crippen LogP contribution < -0.4 is 0 Å². The topological polar surface area (TPSA) is 23.8 Å². The average molecular weight is 212 g/mol. The molecule has 1 heterocycles. The number of rotatable bonds is 0. The van der Waals surface area contributed by atoms with Crippen LogP contribution in [0.1, 0.15) is 5.56 Å². The Morgan fingerprint density at radius 3 is 2.92 bits per heavy atom. The van der Waals surface area contributed by atoms with Crippen LogP contribution in [-0.2, 0) is 0 Å².